The molecule has 142 valence electrons. The molecule has 0 atom stereocenters. The summed E-state index contributed by atoms with van der Waals surface area (Å²) in [4.78, 5) is 12.1. The molecule has 1 N–H and O–H groups in total. The van der Waals surface area contributed by atoms with E-state index in [-0.39, 0.29) is 5.69 Å². The zero-order valence-corrected chi connectivity index (χ0v) is 16.3. The fraction of sp³-hybridized carbons (Fsp3) is 0.174. The molecule has 0 fully saturated rings. The highest BCUT2D eigenvalue weighted by atomic mass is 16.5. The Labute approximate surface area is 163 Å². The number of ether oxygens (including phenoxy) is 1. The van der Waals surface area contributed by atoms with Crippen molar-refractivity contribution in [3.05, 3.63) is 82.8 Å². The van der Waals surface area contributed by atoms with E-state index in [1.165, 1.54) is 5.56 Å². The van der Waals surface area contributed by atoms with Crippen LogP contribution in [-0.2, 0) is 20.6 Å². The first-order valence-corrected chi connectivity index (χ1v) is 9.20. The minimum atomic E-state index is -0.0237. The number of benzene rings is 3. The highest BCUT2D eigenvalue weighted by Gasteiger charge is 2.09. The van der Waals surface area contributed by atoms with Crippen LogP contribution in [0.2, 0.25) is 0 Å². The molecule has 3 aromatic carbocycles. The predicted molar refractivity (Wildman–Crippen MR) is 114 cm³/mol. The molecular formula is C23H23N3O2. The number of hydrogen-bond donors (Lipinski definition) is 1. The number of imidazole rings is 1. The lowest BCUT2D eigenvalue weighted by Crippen LogP contribution is -2.19. The predicted octanol–water partition coefficient (Wildman–Crippen LogP) is 4.16. The second-order valence-corrected chi connectivity index (χ2v) is 6.85. The minimum absolute atomic E-state index is 0.0237. The van der Waals surface area contributed by atoms with Gasteiger partial charge < -0.3 is 10.1 Å². The third-order valence-electron chi connectivity index (χ3n) is 5.14. The topological polar surface area (TPSA) is 48.2 Å². The van der Waals surface area contributed by atoms with Crippen molar-refractivity contribution < 1.29 is 4.74 Å². The van der Waals surface area contributed by atoms with E-state index in [9.17, 15) is 4.79 Å². The Balaban J connectivity index is 1.63. The van der Waals surface area contributed by atoms with Crippen molar-refractivity contribution in [3.8, 4) is 16.9 Å². The van der Waals surface area contributed by atoms with E-state index in [1.807, 2.05) is 42.5 Å². The maximum Gasteiger partial charge on any atom is 0.328 e. The van der Waals surface area contributed by atoms with Crippen LogP contribution in [-0.4, -0.2) is 16.2 Å². The molecule has 1 aromatic heterocycles. The van der Waals surface area contributed by atoms with Crippen molar-refractivity contribution in [3.63, 3.8) is 0 Å². The molecule has 0 aliphatic heterocycles. The Morgan fingerprint density at radius 2 is 1.61 bits per heavy atom. The summed E-state index contributed by atoms with van der Waals surface area (Å²) < 4.78 is 8.87. The number of fused-ring (bicyclic) bond motifs is 1. The molecule has 4 rings (SSSR count). The lowest BCUT2D eigenvalue weighted by Gasteiger charge is -2.13. The zero-order valence-electron chi connectivity index (χ0n) is 16.3. The van der Waals surface area contributed by atoms with Crippen molar-refractivity contribution in [2.75, 3.05) is 12.4 Å². The smallest absolute Gasteiger partial charge is 0.328 e. The monoisotopic (exact) mass is 373 g/mol. The molecule has 0 amide bonds. The first-order chi connectivity index (χ1) is 13.6. The van der Waals surface area contributed by atoms with Crippen molar-refractivity contribution >= 4 is 16.7 Å². The molecular weight excluding hydrogens is 350 g/mol. The summed E-state index contributed by atoms with van der Waals surface area (Å²) in [7, 11) is 5.27. The maximum atomic E-state index is 12.1. The molecule has 0 bridgehead atoms. The lowest BCUT2D eigenvalue weighted by molar-refractivity contribution is 0.410. The van der Waals surface area contributed by atoms with Crippen LogP contribution in [0.4, 0.5) is 5.69 Å². The lowest BCUT2D eigenvalue weighted by atomic mass is 10.0. The standard InChI is InChI=1S/C23H23N3O2/c1-25-20-11-10-19(14-21(20)26(2)23(25)27)24-15-18-13-17(9-12-22(18)28-3)16-7-5-4-6-8-16/h4-14,24H,15H2,1-3H3. The van der Waals surface area contributed by atoms with Gasteiger partial charge in [0, 0.05) is 31.9 Å². The Kier molecular flexibility index (Phi) is 4.65. The Bertz CT molecular complexity index is 1190. The highest BCUT2D eigenvalue weighted by Crippen LogP contribution is 2.27. The van der Waals surface area contributed by atoms with Gasteiger partial charge in [-0.1, -0.05) is 36.4 Å². The summed E-state index contributed by atoms with van der Waals surface area (Å²) in [6.07, 6.45) is 0. The summed E-state index contributed by atoms with van der Waals surface area (Å²) >= 11 is 0. The molecule has 0 unspecified atom stereocenters. The Morgan fingerprint density at radius 1 is 0.857 bits per heavy atom. The maximum absolute atomic E-state index is 12.1. The second-order valence-electron chi connectivity index (χ2n) is 6.85. The molecule has 1 heterocycles. The summed E-state index contributed by atoms with van der Waals surface area (Å²) in [6, 6.07) is 22.5. The third kappa shape index (κ3) is 3.16. The Morgan fingerprint density at radius 3 is 2.36 bits per heavy atom. The van der Waals surface area contributed by atoms with E-state index < -0.39 is 0 Å². The van der Waals surface area contributed by atoms with Gasteiger partial charge in [0.25, 0.3) is 0 Å². The minimum Gasteiger partial charge on any atom is -0.496 e. The molecule has 0 aliphatic rings. The number of rotatable bonds is 5. The number of hydrogen-bond acceptors (Lipinski definition) is 3. The molecule has 28 heavy (non-hydrogen) atoms. The fourth-order valence-corrected chi connectivity index (χ4v) is 3.54. The average Bonchev–Trinajstić information content (AvgIpc) is 2.96. The number of aryl methyl sites for hydroxylation is 2. The third-order valence-corrected chi connectivity index (χ3v) is 5.14. The van der Waals surface area contributed by atoms with E-state index in [4.69, 9.17) is 4.74 Å². The van der Waals surface area contributed by atoms with Gasteiger partial charge in [0.1, 0.15) is 5.75 Å². The normalized spacial score (nSPS) is 11.0. The number of nitrogens with zero attached hydrogens (tertiary/aromatic N) is 2. The van der Waals surface area contributed by atoms with Crippen molar-refractivity contribution in [2.45, 2.75) is 6.54 Å². The number of anilines is 1. The van der Waals surface area contributed by atoms with Crippen molar-refractivity contribution in [1.29, 1.82) is 0 Å². The van der Waals surface area contributed by atoms with Gasteiger partial charge in [0.05, 0.1) is 18.1 Å². The molecule has 0 spiro atoms. The Hall–Kier alpha value is -3.47. The highest BCUT2D eigenvalue weighted by molar-refractivity contribution is 5.80. The zero-order chi connectivity index (χ0) is 19.7. The van der Waals surface area contributed by atoms with Gasteiger partial charge >= 0.3 is 5.69 Å². The van der Waals surface area contributed by atoms with Gasteiger partial charge in [0.15, 0.2) is 0 Å². The number of aromatic nitrogens is 2. The summed E-state index contributed by atoms with van der Waals surface area (Å²) in [6.45, 7) is 0.621. The number of methoxy groups -OCH3 is 1. The van der Waals surface area contributed by atoms with Gasteiger partial charge in [-0.2, -0.15) is 0 Å². The van der Waals surface area contributed by atoms with Crippen LogP contribution in [0.1, 0.15) is 5.56 Å². The van der Waals surface area contributed by atoms with Crippen molar-refractivity contribution in [1.82, 2.24) is 9.13 Å². The van der Waals surface area contributed by atoms with Gasteiger partial charge in [-0.3, -0.25) is 9.13 Å². The van der Waals surface area contributed by atoms with Gasteiger partial charge in [0.2, 0.25) is 0 Å². The molecule has 0 saturated carbocycles. The average molecular weight is 373 g/mol. The van der Waals surface area contributed by atoms with E-state index in [0.717, 1.165) is 33.6 Å². The van der Waals surface area contributed by atoms with E-state index >= 15 is 0 Å². The fourth-order valence-electron chi connectivity index (χ4n) is 3.54. The van der Waals surface area contributed by atoms with Crippen LogP contribution in [0.5, 0.6) is 5.75 Å². The molecule has 4 aromatic rings. The van der Waals surface area contributed by atoms with Gasteiger partial charge in [-0.05, 0) is 41.5 Å². The van der Waals surface area contributed by atoms with Crippen LogP contribution in [0.15, 0.2) is 71.5 Å². The largest absolute Gasteiger partial charge is 0.496 e. The van der Waals surface area contributed by atoms with Crippen molar-refractivity contribution in [2.24, 2.45) is 14.1 Å². The van der Waals surface area contributed by atoms with Crippen LogP contribution in [0.25, 0.3) is 22.2 Å². The molecule has 0 radical (unpaired) electrons. The summed E-state index contributed by atoms with van der Waals surface area (Å²) in [5, 5.41) is 3.46. The quantitative estimate of drug-likeness (QED) is 0.571. The van der Waals surface area contributed by atoms with Gasteiger partial charge in [-0.15, -0.1) is 0 Å². The molecule has 0 saturated heterocycles. The molecule has 5 nitrogen and oxygen atoms in total. The van der Waals surface area contributed by atoms with Crippen LogP contribution in [0.3, 0.4) is 0 Å². The van der Waals surface area contributed by atoms with Crippen LogP contribution >= 0.6 is 0 Å². The van der Waals surface area contributed by atoms with Crippen LogP contribution in [0, 0.1) is 0 Å². The first kappa shape index (κ1) is 17.9. The van der Waals surface area contributed by atoms with Gasteiger partial charge in [-0.25, -0.2) is 4.79 Å². The second kappa shape index (κ2) is 7.27. The summed E-state index contributed by atoms with van der Waals surface area (Å²) in [5.74, 6) is 0.848. The first-order valence-electron chi connectivity index (χ1n) is 9.20. The molecule has 5 heteroatoms. The van der Waals surface area contributed by atoms with E-state index in [2.05, 4.69) is 29.6 Å². The SMILES string of the molecule is COc1ccc(-c2ccccc2)cc1CNc1ccc2c(c1)n(C)c(=O)n2C. The van der Waals surface area contributed by atoms with E-state index in [0.29, 0.717) is 6.54 Å². The molecule has 0 aliphatic carbocycles. The van der Waals surface area contributed by atoms with Crippen LogP contribution < -0.4 is 15.7 Å². The number of nitrogens with one attached hydrogen (secondary N) is 1. The van der Waals surface area contributed by atoms with E-state index in [1.54, 1.807) is 30.3 Å². The summed E-state index contributed by atoms with van der Waals surface area (Å²) in [5.41, 5.74) is 6.16.